The van der Waals surface area contributed by atoms with Crippen molar-refractivity contribution in [3.8, 4) is 0 Å². The molecule has 0 fully saturated rings. The number of halogens is 1. The van der Waals surface area contributed by atoms with E-state index in [4.69, 9.17) is 4.74 Å². The molecule has 2 N–H and O–H groups in total. The Labute approximate surface area is 115 Å². The third-order valence-corrected chi connectivity index (χ3v) is 2.94. The van der Waals surface area contributed by atoms with Crippen molar-refractivity contribution in [3.63, 3.8) is 0 Å². The SMILES string of the molecule is CCOC(=O)C1=C(C)NC(c2ccccc2F)C(=O)N1. The Bertz CT molecular complexity index is 584. The lowest BCUT2D eigenvalue weighted by Crippen LogP contribution is -2.45. The first-order valence-electron chi connectivity index (χ1n) is 6.24. The second-order valence-corrected chi connectivity index (χ2v) is 4.31. The zero-order valence-corrected chi connectivity index (χ0v) is 11.2. The van der Waals surface area contributed by atoms with Crippen LogP contribution in [0.3, 0.4) is 0 Å². The van der Waals surface area contributed by atoms with Crippen LogP contribution in [0.4, 0.5) is 4.39 Å². The zero-order valence-electron chi connectivity index (χ0n) is 11.2. The van der Waals surface area contributed by atoms with Gasteiger partial charge in [0.2, 0.25) is 0 Å². The summed E-state index contributed by atoms with van der Waals surface area (Å²) in [5, 5.41) is 5.30. The number of allylic oxidation sites excluding steroid dienone is 1. The maximum Gasteiger partial charge on any atom is 0.356 e. The van der Waals surface area contributed by atoms with E-state index in [-0.39, 0.29) is 17.9 Å². The van der Waals surface area contributed by atoms with Gasteiger partial charge in [-0.3, -0.25) is 4.79 Å². The van der Waals surface area contributed by atoms with Gasteiger partial charge in [-0.25, -0.2) is 9.18 Å². The van der Waals surface area contributed by atoms with E-state index in [1.54, 1.807) is 26.0 Å². The molecule has 5 nitrogen and oxygen atoms in total. The second kappa shape index (κ2) is 5.73. The standard InChI is InChI=1S/C14H15FN2O3/c1-3-20-14(19)11-8(2)16-12(13(18)17-11)9-6-4-5-7-10(9)15/h4-7,12,16H,3H2,1-2H3,(H,17,18). The maximum atomic E-state index is 13.7. The molecule has 0 saturated heterocycles. The van der Waals surface area contributed by atoms with E-state index >= 15 is 0 Å². The first-order chi connectivity index (χ1) is 9.54. The van der Waals surface area contributed by atoms with E-state index in [0.29, 0.717) is 5.70 Å². The van der Waals surface area contributed by atoms with E-state index in [1.807, 2.05) is 0 Å². The van der Waals surface area contributed by atoms with E-state index in [2.05, 4.69) is 10.6 Å². The molecule has 1 aliphatic heterocycles. The van der Waals surface area contributed by atoms with Gasteiger partial charge in [-0.2, -0.15) is 0 Å². The molecule has 0 bridgehead atoms. The van der Waals surface area contributed by atoms with E-state index in [0.717, 1.165) is 0 Å². The molecule has 0 aromatic heterocycles. The topological polar surface area (TPSA) is 67.4 Å². The highest BCUT2D eigenvalue weighted by atomic mass is 19.1. The van der Waals surface area contributed by atoms with Crippen LogP contribution < -0.4 is 10.6 Å². The van der Waals surface area contributed by atoms with Crippen molar-refractivity contribution in [3.05, 3.63) is 47.0 Å². The summed E-state index contributed by atoms with van der Waals surface area (Å²) >= 11 is 0. The third-order valence-electron chi connectivity index (χ3n) is 2.94. The Hall–Kier alpha value is -2.37. The van der Waals surface area contributed by atoms with Crippen molar-refractivity contribution < 1.29 is 18.7 Å². The molecule has 106 valence electrons. The average molecular weight is 278 g/mol. The van der Waals surface area contributed by atoms with Crippen LogP contribution in [-0.4, -0.2) is 18.5 Å². The third kappa shape index (κ3) is 2.64. The van der Waals surface area contributed by atoms with Crippen molar-refractivity contribution >= 4 is 11.9 Å². The predicted molar refractivity (Wildman–Crippen MR) is 69.8 cm³/mol. The van der Waals surface area contributed by atoms with Crippen LogP contribution in [0.5, 0.6) is 0 Å². The largest absolute Gasteiger partial charge is 0.461 e. The Morgan fingerprint density at radius 3 is 2.75 bits per heavy atom. The van der Waals surface area contributed by atoms with Crippen LogP contribution >= 0.6 is 0 Å². The molecule has 6 heteroatoms. The van der Waals surface area contributed by atoms with Crippen LogP contribution in [0.15, 0.2) is 35.7 Å². The van der Waals surface area contributed by atoms with Crippen LogP contribution in [0, 0.1) is 5.82 Å². The zero-order chi connectivity index (χ0) is 14.7. The smallest absolute Gasteiger partial charge is 0.356 e. The molecule has 1 heterocycles. The van der Waals surface area contributed by atoms with E-state index in [1.165, 1.54) is 12.1 Å². The highest BCUT2D eigenvalue weighted by Crippen LogP contribution is 2.22. The summed E-state index contributed by atoms with van der Waals surface area (Å²) in [5.74, 6) is -1.59. The summed E-state index contributed by atoms with van der Waals surface area (Å²) in [6.07, 6.45) is 0. The van der Waals surface area contributed by atoms with Crippen molar-refractivity contribution in [2.45, 2.75) is 19.9 Å². The summed E-state index contributed by atoms with van der Waals surface area (Å²) in [6.45, 7) is 3.51. The van der Waals surface area contributed by atoms with Crippen LogP contribution in [0.1, 0.15) is 25.5 Å². The Morgan fingerprint density at radius 2 is 2.10 bits per heavy atom. The van der Waals surface area contributed by atoms with Gasteiger partial charge in [0.05, 0.1) is 6.61 Å². The number of carbonyl (C=O) groups excluding carboxylic acids is 2. The van der Waals surface area contributed by atoms with Gasteiger partial charge in [0.15, 0.2) is 0 Å². The fourth-order valence-corrected chi connectivity index (χ4v) is 1.98. The lowest BCUT2D eigenvalue weighted by Gasteiger charge is -2.27. The molecule has 1 unspecified atom stereocenters. The normalized spacial score (nSPS) is 18.4. The quantitative estimate of drug-likeness (QED) is 0.820. The van der Waals surface area contributed by atoms with Gasteiger partial charge in [0, 0.05) is 11.3 Å². The molecule has 2 rings (SSSR count). The van der Waals surface area contributed by atoms with Crippen LogP contribution in [0.2, 0.25) is 0 Å². The molecular formula is C14H15FN2O3. The molecule has 0 aliphatic carbocycles. The molecule has 1 aromatic rings. The first-order valence-corrected chi connectivity index (χ1v) is 6.24. The van der Waals surface area contributed by atoms with Gasteiger partial charge in [0.1, 0.15) is 17.6 Å². The van der Waals surface area contributed by atoms with Crippen molar-refractivity contribution in [1.29, 1.82) is 0 Å². The Balaban J connectivity index is 2.28. The lowest BCUT2D eigenvalue weighted by molar-refractivity contribution is -0.140. The minimum absolute atomic E-state index is 0.0597. The average Bonchev–Trinajstić information content (AvgIpc) is 2.42. The first kappa shape index (κ1) is 14.0. The van der Waals surface area contributed by atoms with Gasteiger partial charge in [0.25, 0.3) is 5.91 Å². The fourth-order valence-electron chi connectivity index (χ4n) is 1.98. The van der Waals surface area contributed by atoms with Gasteiger partial charge in [-0.05, 0) is 19.9 Å². The fraction of sp³-hybridized carbons (Fsp3) is 0.286. The molecular weight excluding hydrogens is 263 g/mol. The number of benzene rings is 1. The molecule has 1 aromatic carbocycles. The predicted octanol–water partition coefficient (Wildman–Crippen LogP) is 1.38. The van der Waals surface area contributed by atoms with E-state index < -0.39 is 23.7 Å². The number of esters is 1. The van der Waals surface area contributed by atoms with E-state index in [9.17, 15) is 14.0 Å². The maximum absolute atomic E-state index is 13.7. The lowest BCUT2D eigenvalue weighted by atomic mass is 10.0. The summed E-state index contributed by atoms with van der Waals surface area (Å²) < 4.78 is 18.6. The van der Waals surface area contributed by atoms with Crippen molar-refractivity contribution in [2.24, 2.45) is 0 Å². The van der Waals surface area contributed by atoms with Crippen molar-refractivity contribution in [1.82, 2.24) is 10.6 Å². The summed E-state index contributed by atoms with van der Waals surface area (Å²) in [5.41, 5.74) is 0.730. The monoisotopic (exact) mass is 278 g/mol. The number of carbonyl (C=O) groups is 2. The number of hydrogen-bond donors (Lipinski definition) is 2. The number of rotatable bonds is 3. The molecule has 1 aliphatic rings. The van der Waals surface area contributed by atoms with Gasteiger partial charge in [-0.1, -0.05) is 18.2 Å². The number of ether oxygens (including phenoxy) is 1. The number of nitrogens with one attached hydrogen (secondary N) is 2. The molecule has 0 saturated carbocycles. The Kier molecular flexibility index (Phi) is 4.02. The second-order valence-electron chi connectivity index (χ2n) is 4.31. The minimum Gasteiger partial charge on any atom is -0.461 e. The highest BCUT2D eigenvalue weighted by Gasteiger charge is 2.31. The van der Waals surface area contributed by atoms with Gasteiger partial charge in [-0.15, -0.1) is 0 Å². The molecule has 20 heavy (non-hydrogen) atoms. The van der Waals surface area contributed by atoms with Gasteiger partial charge < -0.3 is 15.4 Å². The van der Waals surface area contributed by atoms with Crippen molar-refractivity contribution in [2.75, 3.05) is 6.61 Å². The van der Waals surface area contributed by atoms with Crippen LogP contribution in [-0.2, 0) is 14.3 Å². The molecule has 0 spiro atoms. The van der Waals surface area contributed by atoms with Crippen LogP contribution in [0.25, 0.3) is 0 Å². The molecule has 1 amide bonds. The summed E-state index contributed by atoms with van der Waals surface area (Å²) in [4.78, 5) is 23.7. The Morgan fingerprint density at radius 1 is 1.40 bits per heavy atom. The number of amides is 1. The summed E-state index contributed by atoms with van der Waals surface area (Å²) in [6, 6.07) is 5.13. The number of hydrogen-bond acceptors (Lipinski definition) is 4. The molecule has 0 radical (unpaired) electrons. The highest BCUT2D eigenvalue weighted by molar-refractivity contribution is 5.98. The molecule has 1 atom stereocenters. The van der Waals surface area contributed by atoms with Gasteiger partial charge >= 0.3 is 5.97 Å². The summed E-state index contributed by atoms with van der Waals surface area (Å²) in [7, 11) is 0. The minimum atomic E-state index is -0.866.